The predicted molar refractivity (Wildman–Crippen MR) is 134 cm³/mol. The van der Waals surface area contributed by atoms with Crippen molar-refractivity contribution in [3.05, 3.63) is 94.5 Å². The highest BCUT2D eigenvalue weighted by molar-refractivity contribution is 6.34. The Kier molecular flexibility index (Phi) is 7.02. The molecule has 5 nitrogen and oxygen atoms in total. The third-order valence-corrected chi connectivity index (χ3v) is 5.96. The van der Waals surface area contributed by atoms with Crippen LogP contribution in [-0.4, -0.2) is 22.8 Å². The van der Waals surface area contributed by atoms with Gasteiger partial charge >= 0.3 is 0 Å². The first-order valence-electron chi connectivity index (χ1n) is 10.6. The van der Waals surface area contributed by atoms with Crippen LogP contribution in [0.25, 0.3) is 16.9 Å². The van der Waals surface area contributed by atoms with Crippen LogP contribution in [0.2, 0.25) is 10.0 Å². The van der Waals surface area contributed by atoms with Gasteiger partial charge in [0, 0.05) is 16.7 Å². The molecule has 0 aliphatic rings. The Morgan fingerprint density at radius 3 is 2.42 bits per heavy atom. The standard InChI is InChI=1S/C26H23Cl2N3O2/c1-3-21(17-7-5-4-6-8-17)26(32)29-25-16-23(18-9-12-20(33-2)13-10-18)30-31(25)24-15-19(27)11-14-22(24)28/h4-16,21H,3H2,1-2H3,(H,29,32)/t21-/m0/s1. The van der Waals surface area contributed by atoms with E-state index in [-0.39, 0.29) is 11.8 Å². The normalized spacial score (nSPS) is 11.8. The number of nitrogens with zero attached hydrogens (tertiary/aromatic N) is 2. The van der Waals surface area contributed by atoms with Gasteiger partial charge in [-0.25, -0.2) is 4.68 Å². The number of carbonyl (C=O) groups excluding carboxylic acids is 1. The van der Waals surface area contributed by atoms with Crippen molar-refractivity contribution in [3.8, 4) is 22.7 Å². The van der Waals surface area contributed by atoms with E-state index < -0.39 is 0 Å². The van der Waals surface area contributed by atoms with Crippen LogP contribution >= 0.6 is 23.2 Å². The zero-order chi connectivity index (χ0) is 23.4. The summed E-state index contributed by atoms with van der Waals surface area (Å²) in [6, 6.07) is 24.2. The Labute approximate surface area is 202 Å². The number of carbonyl (C=O) groups is 1. The largest absolute Gasteiger partial charge is 0.497 e. The summed E-state index contributed by atoms with van der Waals surface area (Å²) >= 11 is 12.7. The van der Waals surface area contributed by atoms with Gasteiger partial charge in [0.1, 0.15) is 11.6 Å². The molecule has 1 aromatic heterocycles. The van der Waals surface area contributed by atoms with Crippen LogP contribution in [0.4, 0.5) is 5.82 Å². The minimum absolute atomic E-state index is 0.121. The number of ether oxygens (including phenoxy) is 1. The summed E-state index contributed by atoms with van der Waals surface area (Å²) in [6.45, 7) is 1.99. The van der Waals surface area contributed by atoms with Crippen molar-refractivity contribution in [3.63, 3.8) is 0 Å². The third kappa shape index (κ3) is 5.05. The lowest BCUT2D eigenvalue weighted by molar-refractivity contribution is -0.117. The lowest BCUT2D eigenvalue weighted by Crippen LogP contribution is -2.22. The molecule has 1 heterocycles. The molecule has 0 spiro atoms. The molecule has 0 radical (unpaired) electrons. The molecule has 4 rings (SSSR count). The van der Waals surface area contributed by atoms with E-state index in [4.69, 9.17) is 33.0 Å². The van der Waals surface area contributed by atoms with Crippen molar-refractivity contribution < 1.29 is 9.53 Å². The molecule has 0 saturated heterocycles. The van der Waals surface area contributed by atoms with Gasteiger partial charge in [0.15, 0.2) is 0 Å². The Morgan fingerprint density at radius 2 is 1.76 bits per heavy atom. The maximum Gasteiger partial charge on any atom is 0.233 e. The molecule has 1 amide bonds. The van der Waals surface area contributed by atoms with Crippen molar-refractivity contribution in [2.45, 2.75) is 19.3 Å². The second kappa shape index (κ2) is 10.1. The van der Waals surface area contributed by atoms with Crippen LogP contribution in [0.3, 0.4) is 0 Å². The number of aromatic nitrogens is 2. The molecular formula is C26H23Cl2N3O2. The zero-order valence-electron chi connectivity index (χ0n) is 18.3. The fourth-order valence-corrected chi connectivity index (χ4v) is 4.04. The molecule has 0 bridgehead atoms. The van der Waals surface area contributed by atoms with Crippen LogP contribution in [0.15, 0.2) is 78.9 Å². The Bertz CT molecular complexity index is 1250. The van der Waals surface area contributed by atoms with E-state index >= 15 is 0 Å². The SMILES string of the molecule is CC[C@H](C(=O)Nc1cc(-c2ccc(OC)cc2)nn1-c1cc(Cl)ccc1Cl)c1ccccc1. The minimum atomic E-state index is -0.297. The van der Waals surface area contributed by atoms with Gasteiger partial charge in [-0.05, 0) is 54.4 Å². The van der Waals surface area contributed by atoms with E-state index in [0.29, 0.717) is 33.7 Å². The van der Waals surface area contributed by atoms with Crippen LogP contribution in [0.5, 0.6) is 5.75 Å². The number of nitrogens with one attached hydrogen (secondary N) is 1. The number of rotatable bonds is 7. The highest BCUT2D eigenvalue weighted by Gasteiger charge is 2.22. The highest BCUT2D eigenvalue weighted by atomic mass is 35.5. The van der Waals surface area contributed by atoms with Gasteiger partial charge < -0.3 is 10.1 Å². The summed E-state index contributed by atoms with van der Waals surface area (Å²) in [7, 11) is 1.62. The van der Waals surface area contributed by atoms with Gasteiger partial charge in [-0.2, -0.15) is 5.10 Å². The van der Waals surface area contributed by atoms with Crippen LogP contribution in [0.1, 0.15) is 24.8 Å². The molecule has 0 unspecified atom stereocenters. The number of anilines is 1. The summed E-state index contributed by atoms with van der Waals surface area (Å²) in [5, 5.41) is 8.77. The summed E-state index contributed by atoms with van der Waals surface area (Å²) < 4.78 is 6.87. The Morgan fingerprint density at radius 1 is 1.03 bits per heavy atom. The van der Waals surface area contributed by atoms with E-state index in [1.807, 2.05) is 67.6 Å². The monoisotopic (exact) mass is 479 g/mol. The van der Waals surface area contributed by atoms with Gasteiger partial charge in [0.2, 0.25) is 5.91 Å². The average molecular weight is 480 g/mol. The molecule has 0 aliphatic heterocycles. The number of amides is 1. The summed E-state index contributed by atoms with van der Waals surface area (Å²) in [5.74, 6) is 0.834. The topological polar surface area (TPSA) is 56.1 Å². The van der Waals surface area contributed by atoms with Gasteiger partial charge in [-0.15, -0.1) is 0 Å². The predicted octanol–water partition coefficient (Wildman–Crippen LogP) is 6.99. The van der Waals surface area contributed by atoms with E-state index in [2.05, 4.69) is 5.32 Å². The number of hydrogen-bond donors (Lipinski definition) is 1. The smallest absolute Gasteiger partial charge is 0.233 e. The lowest BCUT2D eigenvalue weighted by Gasteiger charge is -2.16. The van der Waals surface area contributed by atoms with Crippen LogP contribution < -0.4 is 10.1 Å². The minimum Gasteiger partial charge on any atom is -0.497 e. The van der Waals surface area contributed by atoms with Gasteiger partial charge in [0.25, 0.3) is 0 Å². The molecule has 4 aromatic rings. The van der Waals surface area contributed by atoms with E-state index in [1.165, 1.54) is 0 Å². The summed E-state index contributed by atoms with van der Waals surface area (Å²) in [6.07, 6.45) is 0.660. The third-order valence-electron chi connectivity index (χ3n) is 5.41. The fourth-order valence-electron chi connectivity index (χ4n) is 3.68. The van der Waals surface area contributed by atoms with E-state index in [9.17, 15) is 4.79 Å². The highest BCUT2D eigenvalue weighted by Crippen LogP contribution is 2.31. The van der Waals surface area contributed by atoms with Crippen LogP contribution in [0, 0.1) is 0 Å². The fraction of sp³-hybridized carbons (Fsp3) is 0.154. The van der Waals surface area contributed by atoms with Crippen LogP contribution in [-0.2, 0) is 4.79 Å². The molecule has 168 valence electrons. The molecule has 7 heteroatoms. The van der Waals surface area contributed by atoms with Crippen molar-refractivity contribution in [2.75, 3.05) is 12.4 Å². The first kappa shape index (κ1) is 22.9. The molecule has 0 aliphatic carbocycles. The quantitative estimate of drug-likeness (QED) is 0.310. The average Bonchev–Trinajstić information content (AvgIpc) is 3.25. The van der Waals surface area contributed by atoms with E-state index in [0.717, 1.165) is 16.9 Å². The van der Waals surface area contributed by atoms with Gasteiger partial charge in [-0.1, -0.05) is 60.5 Å². The maximum absolute atomic E-state index is 13.3. The number of hydrogen-bond acceptors (Lipinski definition) is 3. The van der Waals surface area contributed by atoms with Crippen molar-refractivity contribution in [2.24, 2.45) is 0 Å². The van der Waals surface area contributed by atoms with Crippen molar-refractivity contribution >= 4 is 34.9 Å². The second-order valence-corrected chi connectivity index (χ2v) is 8.36. The first-order chi connectivity index (χ1) is 16.0. The Balaban J connectivity index is 1.75. The molecule has 0 saturated carbocycles. The summed E-state index contributed by atoms with van der Waals surface area (Å²) in [4.78, 5) is 13.3. The van der Waals surface area contributed by atoms with Gasteiger partial charge in [-0.3, -0.25) is 4.79 Å². The van der Waals surface area contributed by atoms with E-state index in [1.54, 1.807) is 30.0 Å². The first-order valence-corrected chi connectivity index (χ1v) is 11.3. The number of benzene rings is 3. The number of halogens is 2. The second-order valence-electron chi connectivity index (χ2n) is 7.51. The molecule has 33 heavy (non-hydrogen) atoms. The molecular weight excluding hydrogens is 457 g/mol. The molecule has 0 fully saturated rings. The molecule has 3 aromatic carbocycles. The van der Waals surface area contributed by atoms with Gasteiger partial charge in [0.05, 0.1) is 29.4 Å². The maximum atomic E-state index is 13.3. The molecule has 1 atom stereocenters. The molecule has 1 N–H and O–H groups in total. The Hall–Kier alpha value is -3.28. The zero-order valence-corrected chi connectivity index (χ0v) is 19.8. The lowest BCUT2D eigenvalue weighted by atomic mass is 9.96. The summed E-state index contributed by atoms with van der Waals surface area (Å²) in [5.41, 5.74) is 3.08. The van der Waals surface area contributed by atoms with Crippen molar-refractivity contribution in [1.29, 1.82) is 0 Å². The number of methoxy groups -OCH3 is 1. The van der Waals surface area contributed by atoms with Crippen molar-refractivity contribution in [1.82, 2.24) is 9.78 Å².